The average Bonchev–Trinajstić information content (AvgIpc) is 3.94. The number of allylic oxidation sites excluding steroid dienone is 1. The maximum Gasteiger partial charge on any atom is 0.134 e. The van der Waals surface area contributed by atoms with E-state index in [-0.39, 0.29) is 0 Å². The van der Waals surface area contributed by atoms with Crippen molar-refractivity contribution in [1.82, 2.24) is 9.13 Å². The number of nitrogens with zero attached hydrogens (tertiary/aromatic N) is 2. The Bertz CT molecular complexity index is 3410. The first-order valence-electron chi connectivity index (χ1n) is 20.2. The van der Waals surface area contributed by atoms with Crippen LogP contribution in [0.5, 0.6) is 0 Å². The maximum atomic E-state index is 6.29. The van der Waals surface area contributed by atoms with Gasteiger partial charge in [0.25, 0.3) is 0 Å². The second kappa shape index (κ2) is 12.8. The molecular weight excluding hydrogens is 705 g/mol. The fourth-order valence-electron chi connectivity index (χ4n) is 9.58. The summed E-state index contributed by atoms with van der Waals surface area (Å²) in [4.78, 5) is 0. The van der Waals surface area contributed by atoms with Crippen molar-refractivity contribution >= 4 is 66.2 Å². The zero-order chi connectivity index (χ0) is 38.3. The number of furan rings is 1. The molecule has 3 nitrogen and oxygen atoms in total. The molecule has 0 amide bonds. The second-order valence-electron chi connectivity index (χ2n) is 15.8. The predicted octanol–water partition coefficient (Wildman–Crippen LogP) is 15.0. The molecule has 1 atom stereocenters. The van der Waals surface area contributed by atoms with Crippen molar-refractivity contribution < 1.29 is 4.42 Å². The molecule has 0 bridgehead atoms. The van der Waals surface area contributed by atoms with Crippen LogP contribution in [0.3, 0.4) is 0 Å². The Balaban J connectivity index is 0.927. The molecule has 274 valence electrons. The summed E-state index contributed by atoms with van der Waals surface area (Å²) in [5, 5.41) is 6.20. The molecule has 1 aliphatic carbocycles. The number of benzene rings is 8. The van der Waals surface area contributed by atoms with Gasteiger partial charge in [-0.25, -0.2) is 0 Å². The van der Waals surface area contributed by atoms with Crippen molar-refractivity contribution in [2.24, 2.45) is 0 Å². The zero-order valence-electron chi connectivity index (χ0n) is 32.1. The number of aromatic nitrogens is 2. The standard InChI is InChI=1S/C55H38N2O/c1-35-31-41(34-49-46-15-7-10-18-54(46)58-55(35)49)38-21-27-43(28-22-38)57-51-17-9-6-14-45(51)48-33-40(24-30-53(48)57)39-23-29-52-47(32-39)44-13-5-8-16-50(44)56(52)42-25-19-37(20-26-42)36-11-3-2-4-12-36/h2-30,32-35H,31H2,1H3. The molecule has 1 aliphatic rings. The van der Waals surface area contributed by atoms with E-state index in [9.17, 15) is 0 Å². The SMILES string of the molecule is CC1CC(c2ccc(-n3c4ccccc4c4cc(-c5ccc6c(c5)c5ccccc5n6-c5ccc(-c6ccccc6)cc5)ccc43)cc2)=Cc2c1oc1ccccc21. The van der Waals surface area contributed by atoms with Gasteiger partial charge in [0.1, 0.15) is 11.3 Å². The largest absolute Gasteiger partial charge is 0.460 e. The van der Waals surface area contributed by atoms with E-state index in [1.54, 1.807) is 0 Å². The van der Waals surface area contributed by atoms with Crippen LogP contribution in [0.1, 0.15) is 36.1 Å². The number of rotatable bonds is 5. The van der Waals surface area contributed by atoms with Crippen LogP contribution in [0.25, 0.3) is 99.9 Å². The molecule has 8 aromatic carbocycles. The van der Waals surface area contributed by atoms with E-state index in [2.05, 4.69) is 204 Å². The average molecular weight is 743 g/mol. The van der Waals surface area contributed by atoms with E-state index in [1.807, 2.05) is 6.07 Å². The first-order chi connectivity index (χ1) is 28.7. The van der Waals surface area contributed by atoms with Crippen molar-refractivity contribution in [3.05, 3.63) is 205 Å². The highest BCUT2D eigenvalue weighted by Gasteiger charge is 2.25. The van der Waals surface area contributed by atoms with Crippen LogP contribution >= 0.6 is 0 Å². The van der Waals surface area contributed by atoms with Crippen LogP contribution in [0.2, 0.25) is 0 Å². The van der Waals surface area contributed by atoms with Gasteiger partial charge in [-0.15, -0.1) is 0 Å². The molecule has 1 unspecified atom stereocenters. The normalized spacial score (nSPS) is 14.2. The van der Waals surface area contributed by atoms with Crippen LogP contribution in [-0.2, 0) is 0 Å². The Labute approximate surface area is 336 Å². The number of fused-ring (bicyclic) bond motifs is 9. The van der Waals surface area contributed by atoms with Crippen LogP contribution in [0.4, 0.5) is 0 Å². The topological polar surface area (TPSA) is 23.0 Å². The zero-order valence-corrected chi connectivity index (χ0v) is 32.1. The summed E-state index contributed by atoms with van der Waals surface area (Å²) in [5.41, 5.74) is 16.8. The fraction of sp³-hybridized carbons (Fsp3) is 0.0545. The Kier molecular flexibility index (Phi) is 7.27. The molecule has 0 radical (unpaired) electrons. The minimum Gasteiger partial charge on any atom is -0.460 e. The molecule has 11 aromatic rings. The van der Waals surface area contributed by atoms with Gasteiger partial charge < -0.3 is 13.6 Å². The first-order valence-corrected chi connectivity index (χ1v) is 20.2. The molecule has 3 heteroatoms. The molecule has 0 N–H and O–H groups in total. The van der Waals surface area contributed by atoms with Crippen molar-refractivity contribution in [3.8, 4) is 33.6 Å². The molecule has 12 rings (SSSR count). The first kappa shape index (κ1) is 32.8. The fourth-order valence-corrected chi connectivity index (χ4v) is 9.58. The van der Waals surface area contributed by atoms with Gasteiger partial charge in [-0.3, -0.25) is 0 Å². The Hall–Kier alpha value is -7.36. The molecule has 0 fully saturated rings. The van der Waals surface area contributed by atoms with Gasteiger partial charge in [-0.05, 0) is 113 Å². The maximum absolute atomic E-state index is 6.29. The van der Waals surface area contributed by atoms with E-state index < -0.39 is 0 Å². The minimum atomic E-state index is 0.325. The van der Waals surface area contributed by atoms with Gasteiger partial charge in [-0.2, -0.15) is 0 Å². The smallest absolute Gasteiger partial charge is 0.134 e. The molecule has 3 heterocycles. The van der Waals surface area contributed by atoms with Crippen molar-refractivity contribution in [2.45, 2.75) is 19.3 Å². The van der Waals surface area contributed by atoms with E-state index in [1.165, 1.54) is 88.0 Å². The van der Waals surface area contributed by atoms with Crippen LogP contribution in [0.15, 0.2) is 192 Å². The summed E-state index contributed by atoms with van der Waals surface area (Å²) >= 11 is 0. The lowest BCUT2D eigenvalue weighted by Crippen LogP contribution is -2.02. The highest BCUT2D eigenvalue weighted by atomic mass is 16.3. The summed E-state index contributed by atoms with van der Waals surface area (Å²) in [5.74, 6) is 1.42. The van der Waals surface area contributed by atoms with E-state index >= 15 is 0 Å². The molecule has 0 spiro atoms. The molecular formula is C55H38N2O. The quantitative estimate of drug-likeness (QED) is 0.172. The summed E-state index contributed by atoms with van der Waals surface area (Å²) in [6, 6.07) is 68.5. The highest BCUT2D eigenvalue weighted by molar-refractivity contribution is 6.12. The van der Waals surface area contributed by atoms with Crippen LogP contribution in [-0.4, -0.2) is 9.13 Å². The van der Waals surface area contributed by atoms with E-state index in [0.29, 0.717) is 5.92 Å². The molecule has 3 aromatic heterocycles. The lowest BCUT2D eigenvalue weighted by Gasteiger charge is -2.19. The Morgan fingerprint density at radius 2 is 0.879 bits per heavy atom. The minimum absolute atomic E-state index is 0.325. The summed E-state index contributed by atoms with van der Waals surface area (Å²) in [6.07, 6.45) is 3.30. The van der Waals surface area contributed by atoms with Gasteiger partial charge in [0.15, 0.2) is 0 Å². The van der Waals surface area contributed by atoms with Gasteiger partial charge in [0, 0.05) is 49.8 Å². The number of para-hydroxylation sites is 3. The second-order valence-corrected chi connectivity index (χ2v) is 15.8. The molecule has 0 saturated heterocycles. The van der Waals surface area contributed by atoms with Crippen LogP contribution < -0.4 is 0 Å². The van der Waals surface area contributed by atoms with E-state index in [0.717, 1.165) is 29.1 Å². The van der Waals surface area contributed by atoms with Crippen LogP contribution in [0, 0.1) is 0 Å². The summed E-state index contributed by atoms with van der Waals surface area (Å²) in [7, 11) is 0. The third-order valence-corrected chi connectivity index (χ3v) is 12.4. The summed E-state index contributed by atoms with van der Waals surface area (Å²) < 4.78 is 11.1. The predicted molar refractivity (Wildman–Crippen MR) is 243 cm³/mol. The Morgan fingerprint density at radius 1 is 0.414 bits per heavy atom. The van der Waals surface area contributed by atoms with E-state index in [4.69, 9.17) is 4.42 Å². The van der Waals surface area contributed by atoms with Crippen molar-refractivity contribution in [2.75, 3.05) is 0 Å². The lowest BCUT2D eigenvalue weighted by molar-refractivity contribution is 0.506. The number of hydrogen-bond donors (Lipinski definition) is 0. The lowest BCUT2D eigenvalue weighted by atomic mass is 9.85. The highest BCUT2D eigenvalue weighted by Crippen LogP contribution is 2.43. The van der Waals surface area contributed by atoms with Gasteiger partial charge in [0.2, 0.25) is 0 Å². The third kappa shape index (κ3) is 5.06. The summed E-state index contributed by atoms with van der Waals surface area (Å²) in [6.45, 7) is 2.28. The van der Waals surface area contributed by atoms with Crippen molar-refractivity contribution in [1.29, 1.82) is 0 Å². The molecule has 0 saturated carbocycles. The van der Waals surface area contributed by atoms with Crippen molar-refractivity contribution in [3.63, 3.8) is 0 Å². The molecule has 0 aliphatic heterocycles. The van der Waals surface area contributed by atoms with Gasteiger partial charge in [0.05, 0.1) is 22.1 Å². The third-order valence-electron chi connectivity index (χ3n) is 12.4. The van der Waals surface area contributed by atoms with Gasteiger partial charge >= 0.3 is 0 Å². The molecule has 58 heavy (non-hydrogen) atoms. The van der Waals surface area contributed by atoms with Gasteiger partial charge in [-0.1, -0.05) is 128 Å². The monoisotopic (exact) mass is 742 g/mol. The number of hydrogen-bond acceptors (Lipinski definition) is 1. The Morgan fingerprint density at radius 3 is 1.48 bits per heavy atom.